The van der Waals surface area contributed by atoms with Gasteiger partial charge in [-0.1, -0.05) is 18.2 Å². The zero-order valence-electron chi connectivity index (χ0n) is 8.18. The van der Waals surface area contributed by atoms with Gasteiger partial charge in [0.2, 0.25) is 0 Å². The fourth-order valence-electron chi connectivity index (χ4n) is 2.44. The van der Waals surface area contributed by atoms with Crippen molar-refractivity contribution in [2.75, 3.05) is 0 Å². The molecule has 2 aromatic rings. The molecule has 3 rings (SSSR count). The second-order valence-electron chi connectivity index (χ2n) is 3.96. The molecule has 3 nitrogen and oxygen atoms in total. The molecule has 0 saturated heterocycles. The van der Waals surface area contributed by atoms with Crippen LogP contribution < -0.4 is 0 Å². The maximum Gasteiger partial charge on any atom is 0.326 e. The van der Waals surface area contributed by atoms with E-state index in [1.165, 1.54) is 0 Å². The van der Waals surface area contributed by atoms with Crippen molar-refractivity contribution in [1.82, 2.24) is 4.57 Å². The average Bonchev–Trinajstić information content (AvgIpc) is 2.74. The van der Waals surface area contributed by atoms with Crippen LogP contribution in [0.25, 0.3) is 10.9 Å². The molecule has 1 atom stereocenters. The predicted molar refractivity (Wildman–Crippen MR) is 56.9 cm³/mol. The highest BCUT2D eigenvalue weighted by Crippen LogP contribution is 2.33. The molecule has 0 saturated carbocycles. The minimum Gasteiger partial charge on any atom is -0.480 e. The van der Waals surface area contributed by atoms with Crippen molar-refractivity contribution in [3.8, 4) is 0 Å². The Labute approximate surface area is 86.9 Å². The summed E-state index contributed by atoms with van der Waals surface area (Å²) in [6.07, 6.45) is 1.58. The Morgan fingerprint density at radius 3 is 3.00 bits per heavy atom. The van der Waals surface area contributed by atoms with Crippen molar-refractivity contribution in [2.24, 2.45) is 0 Å². The smallest absolute Gasteiger partial charge is 0.326 e. The first-order valence-corrected chi connectivity index (χ1v) is 5.09. The summed E-state index contributed by atoms with van der Waals surface area (Å²) < 4.78 is 1.96. The number of carboxylic acids is 1. The van der Waals surface area contributed by atoms with E-state index in [1.807, 2.05) is 28.8 Å². The van der Waals surface area contributed by atoms with Gasteiger partial charge in [0.15, 0.2) is 0 Å². The van der Waals surface area contributed by atoms with E-state index in [0.29, 0.717) is 0 Å². The summed E-state index contributed by atoms with van der Waals surface area (Å²) >= 11 is 0. The summed E-state index contributed by atoms with van der Waals surface area (Å²) in [5.41, 5.74) is 2.18. The first-order valence-electron chi connectivity index (χ1n) is 5.09. The van der Waals surface area contributed by atoms with Gasteiger partial charge in [-0.05, 0) is 30.4 Å². The van der Waals surface area contributed by atoms with Gasteiger partial charge in [0.05, 0.1) is 0 Å². The Kier molecular flexibility index (Phi) is 1.63. The number of hydrogen-bond donors (Lipinski definition) is 1. The molecule has 1 aliphatic rings. The second-order valence-corrected chi connectivity index (χ2v) is 3.96. The number of fused-ring (bicyclic) bond motifs is 3. The van der Waals surface area contributed by atoms with Crippen LogP contribution in [0.1, 0.15) is 18.2 Å². The van der Waals surface area contributed by atoms with E-state index in [1.54, 1.807) is 0 Å². The van der Waals surface area contributed by atoms with Gasteiger partial charge >= 0.3 is 5.97 Å². The molecule has 1 aliphatic heterocycles. The van der Waals surface area contributed by atoms with E-state index in [4.69, 9.17) is 5.11 Å². The van der Waals surface area contributed by atoms with E-state index in [0.717, 1.165) is 29.4 Å². The maximum atomic E-state index is 11.1. The summed E-state index contributed by atoms with van der Waals surface area (Å²) in [6.45, 7) is 0. The minimum atomic E-state index is -0.727. The van der Waals surface area contributed by atoms with Gasteiger partial charge in [-0.2, -0.15) is 0 Å². The number of aryl methyl sites for hydroxylation is 1. The Hall–Kier alpha value is -1.77. The van der Waals surface area contributed by atoms with Crippen LogP contribution >= 0.6 is 0 Å². The third-order valence-electron chi connectivity index (χ3n) is 3.10. The van der Waals surface area contributed by atoms with Crippen LogP contribution in [0.15, 0.2) is 30.3 Å². The van der Waals surface area contributed by atoms with Crippen molar-refractivity contribution < 1.29 is 9.90 Å². The number of para-hydroxylation sites is 1. The topological polar surface area (TPSA) is 42.2 Å². The van der Waals surface area contributed by atoms with Gasteiger partial charge in [0, 0.05) is 11.2 Å². The summed E-state index contributed by atoms with van der Waals surface area (Å²) in [6, 6.07) is 9.67. The van der Waals surface area contributed by atoms with Gasteiger partial charge < -0.3 is 9.67 Å². The Morgan fingerprint density at radius 1 is 1.40 bits per heavy atom. The minimum absolute atomic E-state index is 0.375. The molecule has 0 fully saturated rings. The number of nitrogens with zero attached hydrogens (tertiary/aromatic N) is 1. The molecular weight excluding hydrogens is 190 g/mol. The summed E-state index contributed by atoms with van der Waals surface area (Å²) in [5, 5.41) is 10.3. The van der Waals surface area contributed by atoms with Crippen LogP contribution in [0, 0.1) is 0 Å². The highest BCUT2D eigenvalue weighted by atomic mass is 16.4. The number of carboxylic acid groups (broad SMARTS) is 1. The van der Waals surface area contributed by atoms with Gasteiger partial charge in [0.1, 0.15) is 6.04 Å². The lowest BCUT2D eigenvalue weighted by molar-refractivity contribution is -0.140. The summed E-state index contributed by atoms with van der Waals surface area (Å²) in [4.78, 5) is 11.1. The van der Waals surface area contributed by atoms with E-state index in [-0.39, 0.29) is 6.04 Å². The number of benzene rings is 1. The average molecular weight is 201 g/mol. The Balaban J connectivity index is 2.29. The summed E-state index contributed by atoms with van der Waals surface area (Å²) in [5.74, 6) is -0.727. The molecular formula is C12H11NO2. The van der Waals surface area contributed by atoms with E-state index >= 15 is 0 Å². The lowest BCUT2D eigenvalue weighted by Crippen LogP contribution is -2.14. The molecule has 76 valence electrons. The zero-order chi connectivity index (χ0) is 10.4. The van der Waals surface area contributed by atoms with Gasteiger partial charge in [-0.3, -0.25) is 0 Å². The molecule has 15 heavy (non-hydrogen) atoms. The first-order chi connectivity index (χ1) is 7.27. The largest absolute Gasteiger partial charge is 0.480 e. The molecule has 0 spiro atoms. The third kappa shape index (κ3) is 1.09. The third-order valence-corrected chi connectivity index (χ3v) is 3.10. The molecule has 0 amide bonds. The zero-order valence-corrected chi connectivity index (χ0v) is 8.18. The fourth-order valence-corrected chi connectivity index (χ4v) is 2.44. The molecule has 1 unspecified atom stereocenters. The van der Waals surface area contributed by atoms with Crippen molar-refractivity contribution in [1.29, 1.82) is 0 Å². The maximum absolute atomic E-state index is 11.1. The number of rotatable bonds is 1. The molecule has 0 radical (unpaired) electrons. The highest BCUT2D eigenvalue weighted by molar-refractivity contribution is 5.85. The van der Waals surface area contributed by atoms with Gasteiger partial charge in [0.25, 0.3) is 0 Å². The Bertz CT molecular complexity index is 542. The number of aromatic nitrogens is 1. The van der Waals surface area contributed by atoms with Crippen LogP contribution in [0.4, 0.5) is 0 Å². The molecule has 1 N–H and O–H groups in total. The number of aliphatic carboxylic acids is 1. The standard InChI is InChI=1S/C12H11NO2/c14-12(15)11-6-5-9-7-8-3-1-2-4-10(8)13(9)11/h1-4,7,11H,5-6H2,(H,14,15). The molecule has 1 aromatic carbocycles. The van der Waals surface area contributed by atoms with E-state index < -0.39 is 5.97 Å². The summed E-state index contributed by atoms with van der Waals surface area (Å²) in [7, 11) is 0. The molecule has 0 bridgehead atoms. The molecule has 0 aliphatic carbocycles. The van der Waals surface area contributed by atoms with Gasteiger partial charge in [-0.25, -0.2) is 4.79 Å². The quantitative estimate of drug-likeness (QED) is 0.768. The van der Waals surface area contributed by atoms with Crippen molar-refractivity contribution >= 4 is 16.9 Å². The lowest BCUT2D eigenvalue weighted by Gasteiger charge is -2.09. The SMILES string of the molecule is O=C(O)C1CCc2cc3ccccc3n21. The Morgan fingerprint density at radius 2 is 2.20 bits per heavy atom. The fraction of sp³-hybridized carbons (Fsp3) is 0.250. The van der Waals surface area contributed by atoms with E-state index in [2.05, 4.69) is 6.07 Å². The lowest BCUT2D eigenvalue weighted by atomic mass is 10.1. The first kappa shape index (κ1) is 8.53. The van der Waals surface area contributed by atoms with Gasteiger partial charge in [-0.15, -0.1) is 0 Å². The van der Waals surface area contributed by atoms with Crippen LogP contribution in [0.3, 0.4) is 0 Å². The number of carbonyl (C=O) groups is 1. The van der Waals surface area contributed by atoms with E-state index in [9.17, 15) is 4.79 Å². The van der Waals surface area contributed by atoms with Crippen molar-refractivity contribution in [2.45, 2.75) is 18.9 Å². The number of hydrogen-bond acceptors (Lipinski definition) is 1. The monoisotopic (exact) mass is 201 g/mol. The molecule has 1 aromatic heterocycles. The normalized spacial score (nSPS) is 19.3. The highest BCUT2D eigenvalue weighted by Gasteiger charge is 2.29. The van der Waals surface area contributed by atoms with Crippen LogP contribution in [-0.4, -0.2) is 15.6 Å². The second kappa shape index (κ2) is 2.86. The van der Waals surface area contributed by atoms with Crippen molar-refractivity contribution in [3.05, 3.63) is 36.0 Å². The predicted octanol–water partition coefficient (Wildman–Crippen LogP) is 2.21. The van der Waals surface area contributed by atoms with Crippen molar-refractivity contribution in [3.63, 3.8) is 0 Å². The van der Waals surface area contributed by atoms with Crippen LogP contribution in [-0.2, 0) is 11.2 Å². The molecule has 3 heteroatoms. The van der Waals surface area contributed by atoms with Crippen LogP contribution in [0.5, 0.6) is 0 Å². The van der Waals surface area contributed by atoms with Crippen LogP contribution in [0.2, 0.25) is 0 Å². The molecule has 2 heterocycles.